The van der Waals surface area contributed by atoms with Gasteiger partial charge in [-0.15, -0.1) is 0 Å². The van der Waals surface area contributed by atoms with E-state index in [4.69, 9.17) is 16.3 Å². The van der Waals surface area contributed by atoms with E-state index in [1.54, 1.807) is 30.1 Å². The van der Waals surface area contributed by atoms with E-state index in [0.29, 0.717) is 49.9 Å². The molecule has 1 saturated heterocycles. The Morgan fingerprint density at radius 2 is 2.08 bits per heavy atom. The van der Waals surface area contributed by atoms with Gasteiger partial charge in [0, 0.05) is 31.2 Å². The molecule has 1 fully saturated rings. The Labute approximate surface area is 153 Å². The number of ether oxygens (including phenoxy) is 1. The quantitative estimate of drug-likeness (QED) is 0.804. The molecule has 0 spiro atoms. The summed E-state index contributed by atoms with van der Waals surface area (Å²) in [5.41, 5.74) is 0. The van der Waals surface area contributed by atoms with Crippen LogP contribution in [0.5, 0.6) is 5.75 Å². The fourth-order valence-electron chi connectivity index (χ4n) is 2.58. The molecule has 1 heterocycles. The molecule has 1 aliphatic heterocycles. The summed E-state index contributed by atoms with van der Waals surface area (Å²) in [5.74, 6) is 0.662. The van der Waals surface area contributed by atoms with Gasteiger partial charge in [-0.3, -0.25) is 0 Å². The maximum atomic E-state index is 12.2. The van der Waals surface area contributed by atoms with Crippen molar-refractivity contribution in [1.82, 2.24) is 14.5 Å². The Morgan fingerprint density at radius 3 is 2.68 bits per heavy atom. The summed E-state index contributed by atoms with van der Waals surface area (Å²) in [5, 5.41) is 3.54. The Kier molecular flexibility index (Phi) is 6.92. The monoisotopic (exact) mass is 389 g/mol. The number of piperidine rings is 1. The number of benzene rings is 1. The van der Waals surface area contributed by atoms with Crippen molar-refractivity contribution in [3.05, 3.63) is 29.3 Å². The molecule has 9 heteroatoms. The molecule has 0 bridgehead atoms. The molecule has 1 aromatic rings. The molecule has 2 rings (SSSR count). The Bertz CT molecular complexity index is 690. The lowest BCUT2D eigenvalue weighted by Crippen LogP contribution is -2.49. The van der Waals surface area contributed by atoms with E-state index in [0.717, 1.165) is 0 Å². The largest absolute Gasteiger partial charge is 0.492 e. The summed E-state index contributed by atoms with van der Waals surface area (Å²) in [7, 11) is -1.45. The minimum absolute atomic E-state index is 0.0122. The fraction of sp³-hybridized carbons (Fsp3) is 0.562. The van der Waals surface area contributed by atoms with Crippen LogP contribution in [0.25, 0.3) is 0 Å². The normalized spacial score (nSPS) is 16.4. The van der Waals surface area contributed by atoms with E-state index in [-0.39, 0.29) is 12.1 Å². The number of urea groups is 1. The van der Waals surface area contributed by atoms with Gasteiger partial charge in [0.15, 0.2) is 0 Å². The first-order chi connectivity index (χ1) is 11.8. The zero-order chi connectivity index (χ0) is 18.4. The highest BCUT2D eigenvalue weighted by molar-refractivity contribution is 7.88. The minimum Gasteiger partial charge on any atom is -0.492 e. The summed E-state index contributed by atoms with van der Waals surface area (Å²) in [6.07, 6.45) is 2.44. The van der Waals surface area contributed by atoms with Gasteiger partial charge in [-0.25, -0.2) is 17.5 Å². The second-order valence-corrected chi connectivity index (χ2v) is 8.53. The van der Waals surface area contributed by atoms with Crippen molar-refractivity contribution in [3.63, 3.8) is 0 Å². The molecule has 0 atom stereocenters. The van der Waals surface area contributed by atoms with Crippen LogP contribution < -0.4 is 10.1 Å². The van der Waals surface area contributed by atoms with Gasteiger partial charge < -0.3 is 15.0 Å². The van der Waals surface area contributed by atoms with Crippen LogP contribution in [0.15, 0.2) is 24.3 Å². The molecule has 0 aromatic heterocycles. The Balaban J connectivity index is 1.70. The summed E-state index contributed by atoms with van der Waals surface area (Å²) in [6, 6.07) is 6.90. The molecule has 7 nitrogen and oxygen atoms in total. The van der Waals surface area contributed by atoms with Crippen molar-refractivity contribution >= 4 is 27.7 Å². The van der Waals surface area contributed by atoms with Gasteiger partial charge in [-0.05, 0) is 31.0 Å². The molecule has 25 heavy (non-hydrogen) atoms. The SMILES string of the molecule is CN(CCOc1cccc(Cl)c1)C(=O)NC1CCN(S(C)(=O)=O)CC1. The number of hydrogen-bond acceptors (Lipinski definition) is 4. The predicted molar refractivity (Wildman–Crippen MR) is 97.5 cm³/mol. The molecule has 0 radical (unpaired) electrons. The second kappa shape index (κ2) is 8.73. The van der Waals surface area contributed by atoms with Crippen molar-refractivity contribution in [1.29, 1.82) is 0 Å². The van der Waals surface area contributed by atoms with Crippen LogP contribution in [0.3, 0.4) is 0 Å². The first-order valence-electron chi connectivity index (χ1n) is 8.11. The third-order valence-electron chi connectivity index (χ3n) is 4.09. The highest BCUT2D eigenvalue weighted by atomic mass is 35.5. The number of halogens is 1. The van der Waals surface area contributed by atoms with Crippen LogP contribution in [0, 0.1) is 0 Å². The minimum atomic E-state index is -3.15. The van der Waals surface area contributed by atoms with E-state index in [9.17, 15) is 13.2 Å². The zero-order valence-corrected chi connectivity index (χ0v) is 16.0. The first kappa shape index (κ1) is 19.8. The standard InChI is InChI=1S/C16H24ClN3O4S/c1-19(10-11-24-15-5-3-4-13(17)12-15)16(21)18-14-6-8-20(9-7-14)25(2,22)23/h3-5,12,14H,6-11H2,1-2H3,(H,18,21). The number of rotatable bonds is 6. The summed E-state index contributed by atoms with van der Waals surface area (Å²) in [6.45, 7) is 1.66. The van der Waals surface area contributed by atoms with Crippen molar-refractivity contribution in [2.24, 2.45) is 0 Å². The summed E-state index contributed by atoms with van der Waals surface area (Å²) in [4.78, 5) is 13.7. The van der Waals surface area contributed by atoms with Crippen molar-refractivity contribution in [2.75, 3.05) is 39.5 Å². The van der Waals surface area contributed by atoms with E-state index in [1.165, 1.54) is 10.6 Å². The number of nitrogens with one attached hydrogen (secondary N) is 1. The Morgan fingerprint density at radius 1 is 1.40 bits per heavy atom. The van der Waals surface area contributed by atoms with Crippen molar-refractivity contribution < 1.29 is 17.9 Å². The van der Waals surface area contributed by atoms with Gasteiger partial charge in [0.05, 0.1) is 12.8 Å². The highest BCUT2D eigenvalue weighted by Crippen LogP contribution is 2.17. The van der Waals surface area contributed by atoms with E-state index < -0.39 is 10.0 Å². The number of carbonyl (C=O) groups is 1. The fourth-order valence-corrected chi connectivity index (χ4v) is 3.63. The molecule has 1 N–H and O–H groups in total. The third-order valence-corrected chi connectivity index (χ3v) is 5.63. The van der Waals surface area contributed by atoms with Crippen LogP contribution in [0.2, 0.25) is 5.02 Å². The number of amides is 2. The molecule has 0 aliphatic carbocycles. The number of nitrogens with zero attached hydrogens (tertiary/aromatic N) is 2. The topological polar surface area (TPSA) is 79.0 Å². The highest BCUT2D eigenvalue weighted by Gasteiger charge is 2.26. The smallest absolute Gasteiger partial charge is 0.317 e. The van der Waals surface area contributed by atoms with E-state index >= 15 is 0 Å². The predicted octanol–water partition coefficient (Wildman–Crippen LogP) is 1.78. The molecule has 0 unspecified atom stereocenters. The van der Waals surface area contributed by atoms with Gasteiger partial charge in [0.2, 0.25) is 10.0 Å². The van der Waals surface area contributed by atoms with Gasteiger partial charge in [0.1, 0.15) is 12.4 Å². The van der Waals surface area contributed by atoms with Crippen LogP contribution in [0.4, 0.5) is 4.79 Å². The molecular weight excluding hydrogens is 366 g/mol. The number of hydrogen-bond donors (Lipinski definition) is 1. The maximum absolute atomic E-state index is 12.2. The first-order valence-corrected chi connectivity index (χ1v) is 10.3. The lowest BCUT2D eigenvalue weighted by Gasteiger charge is -2.31. The summed E-state index contributed by atoms with van der Waals surface area (Å²) < 4.78 is 30.0. The molecule has 140 valence electrons. The Hall–Kier alpha value is -1.51. The molecular formula is C16H24ClN3O4S. The van der Waals surface area contributed by atoms with Gasteiger partial charge in [-0.1, -0.05) is 17.7 Å². The number of likely N-dealkylation sites (N-methyl/N-ethyl adjacent to an activating group) is 1. The summed E-state index contributed by atoms with van der Waals surface area (Å²) >= 11 is 5.89. The van der Waals surface area contributed by atoms with E-state index in [1.807, 2.05) is 6.07 Å². The third kappa shape index (κ3) is 6.37. The van der Waals surface area contributed by atoms with Gasteiger partial charge in [-0.2, -0.15) is 0 Å². The van der Waals surface area contributed by atoms with Crippen LogP contribution in [-0.4, -0.2) is 69.2 Å². The number of carbonyl (C=O) groups excluding carboxylic acids is 1. The van der Waals surface area contributed by atoms with Crippen LogP contribution >= 0.6 is 11.6 Å². The van der Waals surface area contributed by atoms with Crippen molar-refractivity contribution in [3.8, 4) is 5.75 Å². The lowest BCUT2D eigenvalue weighted by molar-refractivity contribution is 0.186. The van der Waals surface area contributed by atoms with Crippen LogP contribution in [-0.2, 0) is 10.0 Å². The molecule has 2 amide bonds. The average molecular weight is 390 g/mol. The molecule has 1 aromatic carbocycles. The zero-order valence-electron chi connectivity index (χ0n) is 14.4. The second-order valence-electron chi connectivity index (χ2n) is 6.11. The van der Waals surface area contributed by atoms with E-state index in [2.05, 4.69) is 5.32 Å². The molecule has 1 aliphatic rings. The van der Waals surface area contributed by atoms with Gasteiger partial charge >= 0.3 is 6.03 Å². The van der Waals surface area contributed by atoms with Crippen LogP contribution in [0.1, 0.15) is 12.8 Å². The van der Waals surface area contributed by atoms with Crippen molar-refractivity contribution in [2.45, 2.75) is 18.9 Å². The van der Waals surface area contributed by atoms with Gasteiger partial charge in [0.25, 0.3) is 0 Å². The lowest BCUT2D eigenvalue weighted by atomic mass is 10.1. The average Bonchev–Trinajstić information content (AvgIpc) is 2.54. The maximum Gasteiger partial charge on any atom is 0.317 e. The number of sulfonamides is 1. The molecule has 0 saturated carbocycles.